The van der Waals surface area contributed by atoms with Crippen molar-refractivity contribution in [3.8, 4) is 0 Å². The van der Waals surface area contributed by atoms with E-state index in [1.165, 1.54) is 0 Å². The molecule has 1 aliphatic heterocycles. The molecule has 5 nitrogen and oxygen atoms in total. The van der Waals surface area contributed by atoms with Crippen molar-refractivity contribution < 1.29 is 9.59 Å². The molecule has 5 heteroatoms. The van der Waals surface area contributed by atoms with Crippen LogP contribution in [0.15, 0.2) is 17.3 Å². The van der Waals surface area contributed by atoms with Gasteiger partial charge in [0.05, 0.1) is 0 Å². The normalized spacial score (nSPS) is 22.4. The van der Waals surface area contributed by atoms with E-state index in [9.17, 15) is 9.59 Å². The summed E-state index contributed by atoms with van der Waals surface area (Å²) >= 11 is 0. The van der Waals surface area contributed by atoms with Gasteiger partial charge in [0, 0.05) is 11.8 Å². The zero-order valence-electron chi connectivity index (χ0n) is 11.5. The third-order valence-electron chi connectivity index (χ3n) is 3.57. The number of amides is 1. The van der Waals surface area contributed by atoms with Crippen molar-refractivity contribution >= 4 is 18.0 Å². The number of aryl methyl sites for hydroxylation is 1. The first kappa shape index (κ1) is 13.4. The van der Waals surface area contributed by atoms with Crippen LogP contribution in [-0.4, -0.2) is 28.6 Å². The molecule has 0 spiro atoms. The van der Waals surface area contributed by atoms with Crippen LogP contribution in [0.1, 0.15) is 42.4 Å². The molecule has 1 N–H and O–H groups in total. The van der Waals surface area contributed by atoms with E-state index in [4.69, 9.17) is 0 Å². The van der Waals surface area contributed by atoms with Crippen LogP contribution in [-0.2, 0) is 4.79 Å². The number of carbonyl (C=O) groups is 2. The lowest BCUT2D eigenvalue weighted by Gasteiger charge is -2.21. The van der Waals surface area contributed by atoms with Crippen molar-refractivity contribution in [1.29, 1.82) is 0 Å². The van der Waals surface area contributed by atoms with Crippen LogP contribution >= 0.6 is 0 Å². The second-order valence-electron chi connectivity index (χ2n) is 5.29. The molecule has 0 fully saturated rings. The first-order valence-electron chi connectivity index (χ1n) is 6.22. The third kappa shape index (κ3) is 2.16. The minimum absolute atomic E-state index is 0.0649. The molecule has 0 aromatic carbocycles. The summed E-state index contributed by atoms with van der Waals surface area (Å²) in [6, 6.07) is 1.73. The minimum Gasteiger partial charge on any atom is -0.307 e. The van der Waals surface area contributed by atoms with Crippen LogP contribution in [0.5, 0.6) is 0 Å². The summed E-state index contributed by atoms with van der Waals surface area (Å²) in [5, 5.41) is 2.73. The maximum absolute atomic E-state index is 12.0. The summed E-state index contributed by atoms with van der Waals surface area (Å²) in [4.78, 5) is 31.8. The Morgan fingerprint density at radius 1 is 1.42 bits per heavy atom. The highest BCUT2D eigenvalue weighted by Crippen LogP contribution is 2.27. The maximum Gasteiger partial charge on any atom is 0.253 e. The second kappa shape index (κ2) is 4.57. The Kier molecular flexibility index (Phi) is 3.22. The van der Waals surface area contributed by atoms with Gasteiger partial charge in [-0.2, -0.15) is 0 Å². The first-order chi connectivity index (χ1) is 8.88. The number of carbonyl (C=O) groups excluding carboxylic acids is 2. The molecular weight excluding hydrogens is 242 g/mol. The van der Waals surface area contributed by atoms with Crippen LogP contribution in [0.4, 0.5) is 0 Å². The molecule has 19 heavy (non-hydrogen) atoms. The van der Waals surface area contributed by atoms with Crippen LogP contribution in [0.2, 0.25) is 0 Å². The zero-order chi connectivity index (χ0) is 14.2. The zero-order valence-corrected chi connectivity index (χ0v) is 11.5. The lowest BCUT2D eigenvalue weighted by Crippen LogP contribution is -2.41. The number of nitrogens with one attached hydrogen (secondary N) is 1. The highest BCUT2D eigenvalue weighted by molar-refractivity contribution is 6.16. The van der Waals surface area contributed by atoms with Crippen molar-refractivity contribution in [3.63, 3.8) is 0 Å². The van der Waals surface area contributed by atoms with Crippen molar-refractivity contribution in [3.05, 3.63) is 29.1 Å². The Labute approximate surface area is 112 Å². The van der Waals surface area contributed by atoms with E-state index in [-0.39, 0.29) is 11.8 Å². The summed E-state index contributed by atoms with van der Waals surface area (Å²) in [5.74, 6) is 0.287. The average molecular weight is 259 g/mol. The highest BCUT2D eigenvalue weighted by atomic mass is 16.2. The molecule has 2 rings (SSSR count). The highest BCUT2D eigenvalue weighted by Gasteiger charge is 2.42. The Hall–Kier alpha value is -2.04. The quantitative estimate of drug-likeness (QED) is 0.836. The Balaban J connectivity index is 2.50. The fourth-order valence-electron chi connectivity index (χ4n) is 1.93. The molecule has 0 bridgehead atoms. The molecule has 100 valence electrons. The summed E-state index contributed by atoms with van der Waals surface area (Å²) in [5.41, 5.74) is 0.954. The van der Waals surface area contributed by atoms with Crippen molar-refractivity contribution in [1.82, 2.24) is 10.3 Å². The molecule has 0 saturated carbocycles. The molecule has 1 aromatic heterocycles. The fraction of sp³-hybridized carbons (Fsp3) is 0.429. The average Bonchev–Trinajstić information content (AvgIpc) is 2.66. The predicted octanol–water partition coefficient (Wildman–Crippen LogP) is 1.49. The van der Waals surface area contributed by atoms with Crippen LogP contribution < -0.4 is 5.32 Å². The number of hydrogen-bond acceptors (Lipinski definition) is 4. The number of pyridine rings is 1. The number of aldehydes is 1. The van der Waals surface area contributed by atoms with E-state index < -0.39 is 5.54 Å². The van der Waals surface area contributed by atoms with Gasteiger partial charge in [0.25, 0.3) is 5.91 Å². The van der Waals surface area contributed by atoms with Gasteiger partial charge in [-0.1, -0.05) is 13.8 Å². The van der Waals surface area contributed by atoms with Crippen molar-refractivity contribution in [2.75, 3.05) is 0 Å². The van der Waals surface area contributed by atoms with Crippen LogP contribution in [0.25, 0.3) is 0 Å². The van der Waals surface area contributed by atoms with Gasteiger partial charge in [-0.25, -0.2) is 4.99 Å². The molecular formula is C14H17N3O2. The topological polar surface area (TPSA) is 71.4 Å². The molecule has 0 aliphatic carbocycles. The summed E-state index contributed by atoms with van der Waals surface area (Å²) < 4.78 is 0. The van der Waals surface area contributed by atoms with Gasteiger partial charge in [-0.05, 0) is 31.4 Å². The van der Waals surface area contributed by atoms with Gasteiger partial charge in [0.2, 0.25) is 0 Å². The third-order valence-corrected chi connectivity index (χ3v) is 3.57. The largest absolute Gasteiger partial charge is 0.307 e. The van der Waals surface area contributed by atoms with Gasteiger partial charge < -0.3 is 5.32 Å². The van der Waals surface area contributed by atoms with E-state index in [1.807, 2.05) is 20.8 Å². The number of amidine groups is 1. The molecule has 0 saturated heterocycles. The summed E-state index contributed by atoms with van der Waals surface area (Å²) in [6.07, 6.45) is 2.39. The van der Waals surface area contributed by atoms with Gasteiger partial charge >= 0.3 is 0 Å². The number of rotatable bonds is 3. The number of hydrogen-bond donors (Lipinski definition) is 1. The van der Waals surface area contributed by atoms with Gasteiger partial charge in [0.15, 0.2) is 12.1 Å². The first-order valence-corrected chi connectivity index (χ1v) is 6.22. The number of aliphatic imine (C=N–C) groups is 1. The molecule has 2 heterocycles. The summed E-state index contributed by atoms with van der Waals surface area (Å²) in [7, 11) is 0. The Morgan fingerprint density at radius 3 is 2.63 bits per heavy atom. The van der Waals surface area contributed by atoms with Gasteiger partial charge in [0.1, 0.15) is 11.2 Å². The second-order valence-corrected chi connectivity index (χ2v) is 5.29. The smallest absolute Gasteiger partial charge is 0.253 e. The van der Waals surface area contributed by atoms with Gasteiger partial charge in [-0.3, -0.25) is 14.6 Å². The van der Waals surface area contributed by atoms with Gasteiger partial charge in [-0.15, -0.1) is 0 Å². The molecule has 1 aromatic rings. The van der Waals surface area contributed by atoms with Crippen LogP contribution in [0.3, 0.4) is 0 Å². The predicted molar refractivity (Wildman–Crippen MR) is 72.3 cm³/mol. The molecule has 0 radical (unpaired) electrons. The SMILES string of the molecule is Cc1cnc(C2=NC(C)(C(C)C)C(=O)N2)c(C=O)c1. The lowest BCUT2D eigenvalue weighted by atomic mass is 9.89. The van der Waals surface area contributed by atoms with Crippen molar-refractivity contribution in [2.45, 2.75) is 33.2 Å². The molecule has 1 amide bonds. The van der Waals surface area contributed by atoms with E-state index in [2.05, 4.69) is 15.3 Å². The van der Waals surface area contributed by atoms with Crippen molar-refractivity contribution in [2.24, 2.45) is 10.9 Å². The standard InChI is InChI=1S/C14H17N3O2/c1-8(2)14(4)13(19)16-12(17-14)11-10(7-18)5-9(3)6-15-11/h5-8H,1-4H3,(H,16,17,19). The maximum atomic E-state index is 12.0. The van der Waals surface area contributed by atoms with E-state index >= 15 is 0 Å². The Bertz CT molecular complexity index is 578. The molecule has 1 aliphatic rings. The van der Waals surface area contributed by atoms with Crippen LogP contribution in [0, 0.1) is 12.8 Å². The minimum atomic E-state index is -0.804. The lowest BCUT2D eigenvalue weighted by molar-refractivity contribution is -0.124. The van der Waals surface area contributed by atoms with E-state index in [0.29, 0.717) is 17.1 Å². The Morgan fingerprint density at radius 2 is 2.11 bits per heavy atom. The molecule has 1 unspecified atom stereocenters. The number of aromatic nitrogens is 1. The molecule has 1 atom stereocenters. The number of nitrogens with zero attached hydrogens (tertiary/aromatic N) is 2. The van der Waals surface area contributed by atoms with E-state index in [1.54, 1.807) is 19.2 Å². The fourth-order valence-corrected chi connectivity index (χ4v) is 1.93. The summed E-state index contributed by atoms with van der Waals surface area (Å²) in [6.45, 7) is 7.52. The van der Waals surface area contributed by atoms with E-state index in [0.717, 1.165) is 11.8 Å². The monoisotopic (exact) mass is 259 g/mol.